The molecule has 0 aliphatic carbocycles. The van der Waals surface area contributed by atoms with Crippen LogP contribution >= 0.6 is 0 Å². The zero-order chi connectivity index (χ0) is 13.1. The van der Waals surface area contributed by atoms with E-state index in [2.05, 4.69) is 4.74 Å². The van der Waals surface area contributed by atoms with E-state index in [9.17, 15) is 18.0 Å². The van der Waals surface area contributed by atoms with Crippen LogP contribution in [0.1, 0.15) is 19.8 Å². The van der Waals surface area contributed by atoms with Crippen LogP contribution in [0.4, 0.5) is 4.79 Å². The third-order valence-electron chi connectivity index (χ3n) is 2.29. The molecule has 0 aromatic carbocycles. The van der Waals surface area contributed by atoms with E-state index < -0.39 is 28.3 Å². The van der Waals surface area contributed by atoms with E-state index in [1.165, 1.54) is 6.92 Å². The molecule has 1 rings (SSSR count). The third kappa shape index (κ3) is 3.30. The summed E-state index contributed by atoms with van der Waals surface area (Å²) in [5.74, 6) is -1.23. The second kappa shape index (κ2) is 5.32. The number of carbonyl (C=O) groups excluding carboxylic acids is 1. The zero-order valence-electron chi connectivity index (χ0n) is 9.25. The van der Waals surface area contributed by atoms with Gasteiger partial charge < -0.3 is 9.84 Å². The van der Waals surface area contributed by atoms with E-state index >= 15 is 0 Å². The van der Waals surface area contributed by atoms with Crippen molar-refractivity contribution in [3.8, 4) is 0 Å². The molecule has 0 radical (unpaired) electrons. The molecular formula is C8H14N2O6S. The summed E-state index contributed by atoms with van der Waals surface area (Å²) >= 11 is 0. The van der Waals surface area contributed by atoms with Crippen LogP contribution in [0.15, 0.2) is 0 Å². The normalized spacial score (nSPS) is 21.1. The molecule has 0 aromatic heterocycles. The minimum Gasteiger partial charge on any atom is -0.480 e. The monoisotopic (exact) mass is 266 g/mol. The number of carboxylic acids is 1. The Labute approximate surface area is 98.7 Å². The van der Waals surface area contributed by atoms with Gasteiger partial charge in [-0.3, -0.25) is 4.79 Å². The second-order valence-corrected chi connectivity index (χ2v) is 5.06. The lowest BCUT2D eigenvalue weighted by Crippen LogP contribution is -2.48. The molecule has 98 valence electrons. The summed E-state index contributed by atoms with van der Waals surface area (Å²) in [5, 5.41) is 8.83. The number of nitrogens with one attached hydrogen (secondary N) is 1. The van der Waals surface area contributed by atoms with Gasteiger partial charge in [0.05, 0.1) is 6.61 Å². The Morgan fingerprint density at radius 1 is 1.53 bits per heavy atom. The third-order valence-corrected chi connectivity index (χ3v) is 3.76. The lowest BCUT2D eigenvalue weighted by Gasteiger charge is -2.20. The van der Waals surface area contributed by atoms with Crippen LogP contribution in [0.2, 0.25) is 0 Å². The number of carboxylic acid groups (broad SMARTS) is 1. The van der Waals surface area contributed by atoms with Gasteiger partial charge in [0, 0.05) is 6.54 Å². The molecule has 2 N–H and O–H groups in total. The highest BCUT2D eigenvalue weighted by Crippen LogP contribution is 2.20. The van der Waals surface area contributed by atoms with Crippen LogP contribution in [0, 0.1) is 0 Å². The van der Waals surface area contributed by atoms with E-state index in [0.29, 0.717) is 6.42 Å². The minimum absolute atomic E-state index is 0.0315. The fourth-order valence-corrected chi connectivity index (χ4v) is 2.89. The molecule has 0 saturated carbocycles. The lowest BCUT2D eigenvalue weighted by atomic mass is 10.2. The van der Waals surface area contributed by atoms with Gasteiger partial charge >= 0.3 is 22.3 Å². The quantitative estimate of drug-likeness (QED) is 0.711. The molecule has 0 spiro atoms. The Morgan fingerprint density at radius 2 is 2.18 bits per heavy atom. The number of ether oxygens (including phenoxy) is 1. The van der Waals surface area contributed by atoms with Gasteiger partial charge in [0.25, 0.3) is 0 Å². The molecule has 0 aromatic rings. The summed E-state index contributed by atoms with van der Waals surface area (Å²) < 4.78 is 30.2. The van der Waals surface area contributed by atoms with E-state index in [0.717, 1.165) is 4.31 Å². The SMILES string of the molecule is CCOC(=O)NS(=O)(=O)N1CCC[C@H]1C(=O)O. The van der Waals surface area contributed by atoms with E-state index in [-0.39, 0.29) is 19.6 Å². The average molecular weight is 266 g/mol. The Morgan fingerprint density at radius 3 is 2.71 bits per heavy atom. The van der Waals surface area contributed by atoms with Crippen molar-refractivity contribution in [3.05, 3.63) is 0 Å². The molecular weight excluding hydrogens is 252 g/mol. The maximum absolute atomic E-state index is 11.7. The van der Waals surface area contributed by atoms with Crippen molar-refractivity contribution in [1.82, 2.24) is 9.03 Å². The number of carbonyl (C=O) groups is 2. The van der Waals surface area contributed by atoms with Gasteiger partial charge in [-0.15, -0.1) is 0 Å². The number of rotatable bonds is 4. The van der Waals surface area contributed by atoms with Crippen LogP contribution in [-0.2, 0) is 19.7 Å². The first-order chi connectivity index (χ1) is 7.88. The summed E-state index contributed by atoms with van der Waals surface area (Å²) in [5.41, 5.74) is 0. The van der Waals surface area contributed by atoms with Gasteiger partial charge in [0.2, 0.25) is 0 Å². The largest absolute Gasteiger partial charge is 0.480 e. The van der Waals surface area contributed by atoms with Gasteiger partial charge in [-0.25, -0.2) is 9.52 Å². The first-order valence-electron chi connectivity index (χ1n) is 5.07. The fourth-order valence-electron chi connectivity index (χ4n) is 1.60. The zero-order valence-corrected chi connectivity index (χ0v) is 10.1. The summed E-state index contributed by atoms with van der Waals surface area (Å²) in [7, 11) is -4.15. The number of nitrogens with zero attached hydrogens (tertiary/aromatic N) is 1. The van der Waals surface area contributed by atoms with Crippen LogP contribution < -0.4 is 4.72 Å². The summed E-state index contributed by atoms with van der Waals surface area (Å²) in [4.78, 5) is 21.8. The van der Waals surface area contributed by atoms with Crippen molar-refractivity contribution < 1.29 is 27.9 Å². The van der Waals surface area contributed by atoms with Crippen molar-refractivity contribution in [2.75, 3.05) is 13.2 Å². The van der Waals surface area contributed by atoms with Gasteiger partial charge in [0.1, 0.15) is 6.04 Å². The Hall–Kier alpha value is -1.35. The lowest BCUT2D eigenvalue weighted by molar-refractivity contribution is -0.140. The fraction of sp³-hybridized carbons (Fsp3) is 0.750. The molecule has 0 bridgehead atoms. The molecule has 17 heavy (non-hydrogen) atoms. The summed E-state index contributed by atoms with van der Waals surface area (Å²) in [6.07, 6.45) is -0.428. The Kier molecular flexibility index (Phi) is 4.29. The molecule has 1 aliphatic rings. The molecule has 8 nitrogen and oxygen atoms in total. The minimum atomic E-state index is -4.15. The van der Waals surface area contributed by atoms with Crippen molar-refractivity contribution in [2.24, 2.45) is 0 Å². The van der Waals surface area contributed by atoms with Crippen LogP contribution in [0.5, 0.6) is 0 Å². The van der Waals surface area contributed by atoms with E-state index in [1.807, 2.05) is 0 Å². The average Bonchev–Trinajstić information content (AvgIpc) is 2.65. The maximum Gasteiger partial charge on any atom is 0.421 e. The summed E-state index contributed by atoms with van der Waals surface area (Å²) in [6.45, 7) is 1.64. The molecule has 1 heterocycles. The van der Waals surface area contributed by atoms with Gasteiger partial charge in [-0.05, 0) is 19.8 Å². The first kappa shape index (κ1) is 13.7. The highest BCUT2D eigenvalue weighted by molar-refractivity contribution is 7.87. The molecule has 1 fully saturated rings. The molecule has 0 unspecified atom stereocenters. The van der Waals surface area contributed by atoms with E-state index in [4.69, 9.17) is 5.11 Å². The van der Waals surface area contributed by atoms with Gasteiger partial charge in [0.15, 0.2) is 0 Å². The number of amides is 1. The standard InChI is InChI=1S/C8H14N2O6S/c1-2-16-8(13)9-17(14,15)10-5-3-4-6(10)7(11)12/h6H,2-5H2,1H3,(H,9,13)(H,11,12)/t6-/m0/s1. The van der Waals surface area contributed by atoms with Crippen LogP contribution in [0.3, 0.4) is 0 Å². The van der Waals surface area contributed by atoms with Gasteiger partial charge in [-0.2, -0.15) is 12.7 Å². The summed E-state index contributed by atoms with van der Waals surface area (Å²) in [6, 6.07) is -1.12. The number of hydrogen-bond donors (Lipinski definition) is 2. The predicted molar refractivity (Wildman–Crippen MR) is 56.4 cm³/mol. The van der Waals surface area contributed by atoms with Crippen molar-refractivity contribution in [3.63, 3.8) is 0 Å². The van der Waals surface area contributed by atoms with E-state index in [1.54, 1.807) is 4.72 Å². The molecule has 9 heteroatoms. The van der Waals surface area contributed by atoms with Gasteiger partial charge in [-0.1, -0.05) is 0 Å². The Balaban J connectivity index is 2.76. The van der Waals surface area contributed by atoms with Crippen LogP contribution in [0.25, 0.3) is 0 Å². The Bertz CT molecular complexity index is 406. The highest BCUT2D eigenvalue weighted by Gasteiger charge is 2.39. The molecule has 1 amide bonds. The molecule has 1 atom stereocenters. The molecule has 1 saturated heterocycles. The van der Waals surface area contributed by atoms with Crippen molar-refractivity contribution in [2.45, 2.75) is 25.8 Å². The van der Waals surface area contributed by atoms with Crippen molar-refractivity contribution >= 4 is 22.3 Å². The second-order valence-electron chi connectivity index (χ2n) is 3.43. The topological polar surface area (TPSA) is 113 Å². The molecule has 1 aliphatic heterocycles. The highest BCUT2D eigenvalue weighted by atomic mass is 32.2. The number of hydrogen-bond acceptors (Lipinski definition) is 5. The smallest absolute Gasteiger partial charge is 0.421 e. The van der Waals surface area contributed by atoms with Crippen molar-refractivity contribution in [1.29, 1.82) is 0 Å². The predicted octanol–water partition coefficient (Wildman–Crippen LogP) is -0.474. The number of aliphatic carboxylic acids is 1. The first-order valence-corrected chi connectivity index (χ1v) is 6.51. The maximum atomic E-state index is 11.7. The van der Waals surface area contributed by atoms with Crippen LogP contribution in [-0.4, -0.2) is 49.1 Å².